The fraction of sp³-hybridized carbons (Fsp3) is 0.739. The van der Waals surface area contributed by atoms with E-state index < -0.39 is 5.97 Å². The maximum atomic E-state index is 13.3. The first kappa shape index (κ1) is 24.1. The van der Waals surface area contributed by atoms with Crippen LogP contribution in [0.4, 0.5) is 4.39 Å². The lowest BCUT2D eigenvalue weighted by molar-refractivity contribution is -0.407. The van der Waals surface area contributed by atoms with Gasteiger partial charge in [-0.3, -0.25) is 0 Å². The fourth-order valence-corrected chi connectivity index (χ4v) is 3.39. The highest BCUT2D eigenvalue weighted by Crippen LogP contribution is 2.32. The van der Waals surface area contributed by atoms with E-state index in [1.165, 1.54) is 37.8 Å². The molecule has 1 unspecified atom stereocenters. The van der Waals surface area contributed by atoms with E-state index in [-0.39, 0.29) is 23.9 Å². The van der Waals surface area contributed by atoms with Crippen molar-refractivity contribution >= 4 is 0 Å². The topological polar surface area (TPSA) is 38.7 Å². The van der Waals surface area contributed by atoms with Crippen molar-refractivity contribution in [3.63, 3.8) is 0 Å². The van der Waals surface area contributed by atoms with Gasteiger partial charge in [0, 0.05) is 5.92 Å². The van der Waals surface area contributed by atoms with E-state index in [0.29, 0.717) is 6.42 Å². The lowest BCUT2D eigenvalue weighted by atomic mass is 9.90. The second-order valence-corrected chi connectivity index (χ2v) is 8.05. The van der Waals surface area contributed by atoms with Crippen LogP contribution in [0.25, 0.3) is 0 Å². The summed E-state index contributed by atoms with van der Waals surface area (Å²) >= 11 is 0. The molecule has 0 spiro atoms. The monoisotopic (exact) mass is 382 g/mol. The van der Waals surface area contributed by atoms with Crippen LogP contribution in [0.1, 0.15) is 85.1 Å². The van der Waals surface area contributed by atoms with Crippen LogP contribution >= 0.6 is 0 Å². The van der Waals surface area contributed by atoms with Crippen LogP contribution in [-0.4, -0.2) is 23.3 Å². The summed E-state index contributed by atoms with van der Waals surface area (Å²) in [4.78, 5) is 0. The van der Waals surface area contributed by atoms with Crippen molar-refractivity contribution in [3.05, 3.63) is 35.6 Å². The molecule has 156 valence electrons. The normalized spacial score (nSPS) is 13.5. The van der Waals surface area contributed by atoms with Crippen LogP contribution in [-0.2, 0) is 15.9 Å². The van der Waals surface area contributed by atoms with Gasteiger partial charge in [-0.15, -0.1) is 0 Å². The van der Waals surface area contributed by atoms with Gasteiger partial charge in [-0.2, -0.15) is 0 Å². The Kier molecular flexibility index (Phi) is 11.1. The van der Waals surface area contributed by atoms with Crippen LogP contribution in [0.2, 0.25) is 0 Å². The predicted octanol–water partition coefficient (Wildman–Crippen LogP) is 6.23. The van der Waals surface area contributed by atoms with Gasteiger partial charge >= 0.3 is 0 Å². The highest BCUT2D eigenvalue weighted by molar-refractivity contribution is 5.17. The summed E-state index contributed by atoms with van der Waals surface area (Å²) in [6.45, 7) is 9.80. The van der Waals surface area contributed by atoms with Crippen LogP contribution in [0.15, 0.2) is 24.3 Å². The van der Waals surface area contributed by atoms with Crippen molar-refractivity contribution in [1.82, 2.24) is 0 Å². The van der Waals surface area contributed by atoms with Crippen LogP contribution in [0, 0.1) is 11.7 Å². The average molecular weight is 383 g/mol. The number of hydrogen-bond donors (Lipinski definition) is 1. The van der Waals surface area contributed by atoms with Crippen LogP contribution in [0.3, 0.4) is 0 Å². The Labute approximate surface area is 165 Å². The van der Waals surface area contributed by atoms with Gasteiger partial charge in [-0.1, -0.05) is 57.6 Å². The molecule has 0 aromatic heterocycles. The summed E-state index contributed by atoms with van der Waals surface area (Å²) < 4.78 is 25.0. The molecule has 1 rings (SSSR count). The lowest BCUT2D eigenvalue weighted by Gasteiger charge is -2.38. The number of halogens is 1. The molecular weight excluding hydrogens is 343 g/mol. The van der Waals surface area contributed by atoms with Crippen LogP contribution < -0.4 is 0 Å². The second kappa shape index (κ2) is 12.5. The molecule has 1 aromatic rings. The Balaban J connectivity index is 2.86. The summed E-state index contributed by atoms with van der Waals surface area (Å²) in [5.41, 5.74) is 0.977. The number of ether oxygens (including phenoxy) is 2. The minimum Gasteiger partial charge on any atom is -0.343 e. The molecule has 0 aliphatic carbocycles. The molecule has 0 saturated carbocycles. The summed E-state index contributed by atoms with van der Waals surface area (Å²) in [6.07, 6.45) is 8.21. The van der Waals surface area contributed by atoms with E-state index in [1.807, 2.05) is 27.7 Å². The van der Waals surface area contributed by atoms with E-state index in [4.69, 9.17) is 9.47 Å². The minimum absolute atomic E-state index is 0.158. The third-order valence-electron chi connectivity index (χ3n) is 4.63. The SMILES string of the molecule is CCCCCCCCC(Cc1ccc(F)cc1)C(O)(OC(C)C)OC(C)C. The smallest absolute Gasteiger partial charge is 0.284 e. The van der Waals surface area contributed by atoms with Crippen molar-refractivity contribution in [1.29, 1.82) is 0 Å². The van der Waals surface area contributed by atoms with Gasteiger partial charge in [-0.05, 0) is 58.2 Å². The summed E-state index contributed by atoms with van der Waals surface area (Å²) in [7, 11) is 0. The Morgan fingerprint density at radius 1 is 0.889 bits per heavy atom. The maximum Gasteiger partial charge on any atom is 0.284 e. The van der Waals surface area contributed by atoms with E-state index in [1.54, 1.807) is 12.1 Å². The van der Waals surface area contributed by atoms with Gasteiger partial charge < -0.3 is 14.6 Å². The highest BCUT2D eigenvalue weighted by atomic mass is 19.1. The quantitative estimate of drug-likeness (QED) is 0.306. The predicted molar refractivity (Wildman–Crippen MR) is 109 cm³/mol. The van der Waals surface area contributed by atoms with Crippen molar-refractivity contribution < 1.29 is 19.0 Å². The van der Waals surface area contributed by atoms with Gasteiger partial charge in [-0.25, -0.2) is 4.39 Å². The average Bonchev–Trinajstić information content (AvgIpc) is 2.57. The second-order valence-electron chi connectivity index (χ2n) is 8.05. The first-order valence-electron chi connectivity index (χ1n) is 10.6. The molecule has 0 saturated heterocycles. The third kappa shape index (κ3) is 9.68. The van der Waals surface area contributed by atoms with Gasteiger partial charge in [0.2, 0.25) is 0 Å². The van der Waals surface area contributed by atoms with E-state index in [0.717, 1.165) is 24.8 Å². The Bertz CT molecular complexity index is 489. The van der Waals surface area contributed by atoms with Crippen molar-refractivity contribution in [2.24, 2.45) is 5.92 Å². The molecule has 1 aromatic carbocycles. The Morgan fingerprint density at radius 2 is 1.41 bits per heavy atom. The first-order valence-corrected chi connectivity index (χ1v) is 10.6. The van der Waals surface area contributed by atoms with Gasteiger partial charge in [0.05, 0.1) is 12.2 Å². The Hall–Kier alpha value is -0.970. The summed E-state index contributed by atoms with van der Waals surface area (Å²) in [6, 6.07) is 6.47. The van der Waals surface area contributed by atoms with Gasteiger partial charge in [0.15, 0.2) is 0 Å². The summed E-state index contributed by atoms with van der Waals surface area (Å²) in [5.74, 6) is -2.10. The number of unbranched alkanes of at least 4 members (excludes halogenated alkanes) is 5. The first-order chi connectivity index (χ1) is 12.8. The zero-order valence-electron chi connectivity index (χ0n) is 17.8. The van der Waals surface area contributed by atoms with Crippen molar-refractivity contribution in [2.75, 3.05) is 0 Å². The van der Waals surface area contributed by atoms with Gasteiger partial charge in [0.1, 0.15) is 5.82 Å². The molecule has 0 heterocycles. The van der Waals surface area contributed by atoms with E-state index in [9.17, 15) is 9.50 Å². The van der Waals surface area contributed by atoms with Crippen LogP contribution in [0.5, 0.6) is 0 Å². The Morgan fingerprint density at radius 3 is 1.93 bits per heavy atom. The maximum absolute atomic E-state index is 13.3. The zero-order valence-corrected chi connectivity index (χ0v) is 17.8. The molecule has 4 heteroatoms. The fourth-order valence-electron chi connectivity index (χ4n) is 3.39. The summed E-state index contributed by atoms with van der Waals surface area (Å²) in [5, 5.41) is 11.3. The number of benzene rings is 1. The lowest BCUT2D eigenvalue weighted by Crippen LogP contribution is -2.48. The minimum atomic E-state index is -1.64. The standard InChI is InChI=1S/C23H39FO3/c1-6-7-8-9-10-11-12-21(17-20-13-15-22(24)16-14-20)23(25,26-18(2)3)27-19(4)5/h13-16,18-19,21,25H,6-12,17H2,1-5H3. The van der Waals surface area contributed by atoms with Gasteiger partial charge in [0.25, 0.3) is 5.97 Å². The number of hydrogen-bond acceptors (Lipinski definition) is 3. The largest absolute Gasteiger partial charge is 0.343 e. The van der Waals surface area contributed by atoms with E-state index >= 15 is 0 Å². The molecule has 27 heavy (non-hydrogen) atoms. The van der Waals surface area contributed by atoms with Crippen molar-refractivity contribution in [3.8, 4) is 0 Å². The third-order valence-corrected chi connectivity index (χ3v) is 4.63. The zero-order chi connectivity index (χ0) is 20.3. The number of aliphatic hydroxyl groups is 1. The van der Waals surface area contributed by atoms with E-state index in [2.05, 4.69) is 6.92 Å². The number of rotatable bonds is 14. The molecule has 0 radical (unpaired) electrons. The molecule has 0 bridgehead atoms. The molecular formula is C23H39FO3. The molecule has 3 nitrogen and oxygen atoms in total. The molecule has 0 amide bonds. The molecule has 0 fully saturated rings. The molecule has 0 aliphatic heterocycles. The molecule has 1 atom stereocenters. The van der Waals surface area contributed by atoms with Crippen molar-refractivity contribution in [2.45, 2.75) is 104 Å². The molecule has 0 aliphatic rings. The highest BCUT2D eigenvalue weighted by Gasteiger charge is 2.40. The molecule has 1 N–H and O–H groups in total.